The smallest absolute Gasteiger partial charge is 0.123 e. The second kappa shape index (κ2) is 14.1. The standard InChI is InChI=1S/C46H34F4N4/c47-35-15-5-29(6-16-35)43-45(31-9-19-37(49)20-10-31)53-41-25-33(13-23-39(41)51-43)27-1-2-28(4-3-27)34-14-24-40-42(26-34)54-46(32-11-21-38(50)22-12-32)44(52-40)30-7-17-36(48)18-8-30/h1-2,5-12,15-21,25-26,38H,3-4,13-14,22-24H2. The molecule has 0 radical (unpaired) electrons. The zero-order valence-electron chi connectivity index (χ0n) is 29.3. The predicted octanol–water partition coefficient (Wildman–Crippen LogP) is 11.4. The molecule has 5 aromatic rings. The molecule has 0 aliphatic heterocycles. The average Bonchev–Trinajstić information content (AvgIpc) is 3.21. The van der Waals surface area contributed by atoms with E-state index in [4.69, 9.17) is 19.9 Å². The fourth-order valence-corrected chi connectivity index (χ4v) is 7.62. The third kappa shape index (κ3) is 6.68. The Labute approximate surface area is 310 Å². The molecule has 0 saturated heterocycles. The zero-order valence-corrected chi connectivity index (χ0v) is 29.3. The lowest BCUT2D eigenvalue weighted by Gasteiger charge is -2.24. The SMILES string of the molecule is Fc1ccc(-c2nc3c(nc2C2=CCC(F)C=C2)C=C(C2=CC=C(C4=Cc5nc(-c6ccc(F)cc6)c(-c6ccc(F)cc6)nc5CC4)CC2)CC3)cc1. The number of rotatable bonds is 6. The molecule has 0 N–H and O–H groups in total. The van der Waals surface area contributed by atoms with Gasteiger partial charge < -0.3 is 0 Å². The van der Waals surface area contributed by atoms with E-state index in [0.29, 0.717) is 22.8 Å². The van der Waals surface area contributed by atoms with Crippen LogP contribution in [0.2, 0.25) is 0 Å². The van der Waals surface area contributed by atoms with Crippen molar-refractivity contribution in [2.75, 3.05) is 0 Å². The van der Waals surface area contributed by atoms with Gasteiger partial charge in [-0.1, -0.05) is 24.3 Å². The normalized spacial score (nSPS) is 17.8. The van der Waals surface area contributed by atoms with Crippen LogP contribution in [-0.2, 0) is 12.8 Å². The number of nitrogens with zero attached hydrogens (tertiary/aromatic N) is 4. The van der Waals surface area contributed by atoms with Crippen molar-refractivity contribution in [1.29, 1.82) is 0 Å². The van der Waals surface area contributed by atoms with E-state index in [9.17, 15) is 17.6 Å². The molecular formula is C46H34F4N4. The third-order valence-corrected chi connectivity index (χ3v) is 10.5. The summed E-state index contributed by atoms with van der Waals surface area (Å²) in [5.41, 5.74) is 14.1. The first-order chi connectivity index (χ1) is 26.3. The van der Waals surface area contributed by atoms with Gasteiger partial charge in [-0.2, -0.15) is 0 Å². The highest BCUT2D eigenvalue weighted by molar-refractivity contribution is 5.83. The van der Waals surface area contributed by atoms with Gasteiger partial charge in [0, 0.05) is 23.1 Å². The Bertz CT molecular complexity index is 2490. The van der Waals surface area contributed by atoms with Crippen molar-refractivity contribution < 1.29 is 17.6 Å². The van der Waals surface area contributed by atoms with E-state index < -0.39 is 6.17 Å². The van der Waals surface area contributed by atoms with E-state index in [0.717, 1.165) is 83.6 Å². The molecule has 0 amide bonds. The predicted molar refractivity (Wildman–Crippen MR) is 205 cm³/mol. The Kier molecular flexibility index (Phi) is 8.81. The van der Waals surface area contributed by atoms with Gasteiger partial charge in [0.25, 0.3) is 0 Å². The minimum absolute atomic E-state index is 0.275. The molecule has 1 unspecified atom stereocenters. The van der Waals surface area contributed by atoms with Crippen LogP contribution in [0, 0.1) is 17.5 Å². The highest BCUT2D eigenvalue weighted by atomic mass is 19.1. The number of hydrogen-bond acceptors (Lipinski definition) is 4. The van der Waals surface area contributed by atoms with Crippen molar-refractivity contribution >= 4 is 17.7 Å². The Morgan fingerprint density at radius 1 is 0.463 bits per heavy atom. The summed E-state index contributed by atoms with van der Waals surface area (Å²) in [6, 6.07) is 18.7. The largest absolute Gasteiger partial charge is 0.248 e. The van der Waals surface area contributed by atoms with Crippen LogP contribution in [-0.4, -0.2) is 26.1 Å². The zero-order chi connectivity index (χ0) is 36.8. The van der Waals surface area contributed by atoms with Crippen LogP contribution in [0.15, 0.2) is 125 Å². The van der Waals surface area contributed by atoms with Crippen LogP contribution in [0.5, 0.6) is 0 Å². The molecule has 0 fully saturated rings. The highest BCUT2D eigenvalue weighted by Crippen LogP contribution is 2.39. The Morgan fingerprint density at radius 2 is 0.870 bits per heavy atom. The van der Waals surface area contributed by atoms with E-state index in [1.165, 1.54) is 58.7 Å². The summed E-state index contributed by atoms with van der Waals surface area (Å²) in [4.78, 5) is 20.3. The van der Waals surface area contributed by atoms with Crippen molar-refractivity contribution in [3.05, 3.63) is 171 Å². The van der Waals surface area contributed by atoms with E-state index in [-0.39, 0.29) is 23.9 Å². The van der Waals surface area contributed by atoms with E-state index >= 15 is 0 Å². The molecule has 4 aliphatic rings. The van der Waals surface area contributed by atoms with Gasteiger partial charge >= 0.3 is 0 Å². The van der Waals surface area contributed by atoms with Crippen molar-refractivity contribution in [1.82, 2.24) is 19.9 Å². The maximum atomic E-state index is 14.0. The first-order valence-electron chi connectivity index (χ1n) is 18.3. The van der Waals surface area contributed by atoms with Crippen LogP contribution in [0.3, 0.4) is 0 Å². The van der Waals surface area contributed by atoms with Crippen molar-refractivity contribution in [2.45, 2.75) is 51.1 Å². The Balaban J connectivity index is 1.03. The quantitative estimate of drug-likeness (QED) is 0.164. The molecule has 3 aromatic carbocycles. The van der Waals surface area contributed by atoms with Gasteiger partial charge in [0.15, 0.2) is 0 Å². The van der Waals surface area contributed by atoms with Crippen molar-refractivity contribution in [3.8, 4) is 33.8 Å². The van der Waals surface area contributed by atoms with E-state index in [2.05, 4.69) is 24.3 Å². The number of benzene rings is 3. The molecule has 0 spiro atoms. The number of fused-ring (bicyclic) bond motifs is 2. The van der Waals surface area contributed by atoms with Gasteiger partial charge in [0.05, 0.1) is 45.6 Å². The molecule has 1 atom stereocenters. The minimum Gasteiger partial charge on any atom is -0.248 e. The van der Waals surface area contributed by atoms with E-state index in [1.807, 2.05) is 6.08 Å². The van der Waals surface area contributed by atoms with Gasteiger partial charge in [-0.3, -0.25) is 0 Å². The molecule has 4 nitrogen and oxygen atoms in total. The molecule has 2 aromatic heterocycles. The molecule has 54 heavy (non-hydrogen) atoms. The van der Waals surface area contributed by atoms with Crippen molar-refractivity contribution in [2.24, 2.45) is 0 Å². The summed E-state index contributed by atoms with van der Waals surface area (Å²) in [5, 5.41) is 0. The van der Waals surface area contributed by atoms with Crippen molar-refractivity contribution in [3.63, 3.8) is 0 Å². The molecule has 0 saturated carbocycles. The fourth-order valence-electron chi connectivity index (χ4n) is 7.62. The summed E-state index contributed by atoms with van der Waals surface area (Å²) in [6.45, 7) is 0. The van der Waals surface area contributed by atoms with Crippen LogP contribution in [0.1, 0.15) is 60.6 Å². The van der Waals surface area contributed by atoms with Crippen LogP contribution < -0.4 is 0 Å². The number of hydrogen-bond donors (Lipinski definition) is 0. The summed E-state index contributed by atoms with van der Waals surface area (Å²) in [5.74, 6) is -0.979. The lowest BCUT2D eigenvalue weighted by atomic mass is 9.83. The molecular weight excluding hydrogens is 685 g/mol. The Hall–Kier alpha value is -6.02. The molecule has 2 heterocycles. The average molecular weight is 719 g/mol. The van der Waals surface area contributed by atoms with Gasteiger partial charge in [0.1, 0.15) is 23.6 Å². The fraction of sp³-hybridized carbons (Fsp3) is 0.174. The molecule has 9 rings (SSSR count). The summed E-state index contributed by atoms with van der Waals surface area (Å²) < 4.78 is 55.5. The summed E-state index contributed by atoms with van der Waals surface area (Å²) in [6.07, 6.45) is 18.0. The maximum Gasteiger partial charge on any atom is 0.123 e. The summed E-state index contributed by atoms with van der Waals surface area (Å²) >= 11 is 0. The number of allylic oxidation sites excluding steroid dienone is 10. The topological polar surface area (TPSA) is 51.6 Å². The maximum absolute atomic E-state index is 14.0. The lowest BCUT2D eigenvalue weighted by Crippen LogP contribution is -2.12. The van der Waals surface area contributed by atoms with Crippen LogP contribution in [0.25, 0.3) is 51.5 Å². The minimum atomic E-state index is -1.03. The second-order valence-electron chi connectivity index (χ2n) is 14.0. The first kappa shape index (κ1) is 33.8. The Morgan fingerprint density at radius 3 is 1.30 bits per heavy atom. The molecule has 8 heteroatoms. The van der Waals surface area contributed by atoms with Crippen LogP contribution in [0.4, 0.5) is 17.6 Å². The number of halogens is 4. The van der Waals surface area contributed by atoms with Gasteiger partial charge in [-0.05, 0) is 157 Å². The lowest BCUT2D eigenvalue weighted by molar-refractivity contribution is 0.402. The van der Waals surface area contributed by atoms with Gasteiger partial charge in [0.2, 0.25) is 0 Å². The summed E-state index contributed by atoms with van der Waals surface area (Å²) in [7, 11) is 0. The molecule has 266 valence electrons. The number of alkyl halides is 1. The van der Waals surface area contributed by atoms with Gasteiger partial charge in [-0.25, -0.2) is 37.5 Å². The van der Waals surface area contributed by atoms with Gasteiger partial charge in [-0.15, -0.1) is 0 Å². The first-order valence-corrected chi connectivity index (χ1v) is 18.3. The second-order valence-corrected chi connectivity index (χ2v) is 14.0. The molecule has 0 bridgehead atoms. The number of aromatic nitrogens is 4. The molecule has 4 aliphatic carbocycles. The van der Waals surface area contributed by atoms with E-state index in [1.54, 1.807) is 48.6 Å². The monoisotopic (exact) mass is 718 g/mol. The highest BCUT2D eigenvalue weighted by Gasteiger charge is 2.25. The number of aryl methyl sites for hydroxylation is 2. The van der Waals surface area contributed by atoms with Crippen LogP contribution >= 0.6 is 0 Å². The third-order valence-electron chi connectivity index (χ3n) is 10.5.